The average molecular weight is 473 g/mol. The maximum absolute atomic E-state index is 12.9. The van der Waals surface area contributed by atoms with Gasteiger partial charge in [0.1, 0.15) is 18.2 Å². The molecule has 1 saturated carbocycles. The second-order valence-corrected chi connectivity index (χ2v) is 8.29. The molecule has 0 atom stereocenters. The van der Waals surface area contributed by atoms with E-state index in [1.54, 1.807) is 6.20 Å². The molecular formula is C23H19N7O5. The topological polar surface area (TPSA) is 154 Å². The number of hydrogen-bond donors (Lipinski definition) is 2. The van der Waals surface area contributed by atoms with E-state index in [1.807, 2.05) is 22.8 Å². The molecule has 6 rings (SSSR count). The zero-order chi connectivity index (χ0) is 24.1. The van der Waals surface area contributed by atoms with Crippen LogP contribution in [-0.4, -0.2) is 40.3 Å². The minimum absolute atomic E-state index is 0.148. The number of carbonyl (C=O) groups excluding carboxylic acids is 1. The lowest BCUT2D eigenvalue weighted by Gasteiger charge is -2.29. The summed E-state index contributed by atoms with van der Waals surface area (Å²) in [4.78, 5) is 39.1. The zero-order valence-electron chi connectivity index (χ0n) is 18.5. The first kappa shape index (κ1) is 20.8. The molecule has 176 valence electrons. The smallest absolute Gasteiger partial charge is 0.296 e. The van der Waals surface area contributed by atoms with Crippen LogP contribution >= 0.6 is 0 Å². The molecule has 35 heavy (non-hydrogen) atoms. The van der Waals surface area contributed by atoms with Crippen LogP contribution in [-0.2, 0) is 7.05 Å². The number of aromatic nitrogens is 6. The molecule has 4 aromatic heterocycles. The predicted molar refractivity (Wildman–Crippen MR) is 123 cm³/mol. The Labute approximate surface area is 196 Å². The third-order valence-electron chi connectivity index (χ3n) is 6.18. The van der Waals surface area contributed by atoms with Crippen molar-refractivity contribution in [3.05, 3.63) is 59.2 Å². The summed E-state index contributed by atoms with van der Waals surface area (Å²) in [6.07, 6.45) is 8.55. The first-order chi connectivity index (χ1) is 17.0. The predicted octanol–water partition coefficient (Wildman–Crippen LogP) is 3.12. The van der Waals surface area contributed by atoms with E-state index in [0.29, 0.717) is 17.2 Å². The lowest BCUT2D eigenvalue weighted by atomic mass is 9.92. The molecule has 0 bridgehead atoms. The summed E-state index contributed by atoms with van der Waals surface area (Å²) in [5.74, 6) is -0.473. The van der Waals surface area contributed by atoms with Crippen LogP contribution in [0.4, 0.5) is 5.69 Å². The fourth-order valence-corrected chi connectivity index (χ4v) is 4.17. The first-order valence-corrected chi connectivity index (χ1v) is 10.9. The summed E-state index contributed by atoms with van der Waals surface area (Å²) in [6.45, 7) is 0. The van der Waals surface area contributed by atoms with E-state index in [2.05, 4.69) is 20.4 Å². The van der Waals surface area contributed by atoms with Gasteiger partial charge in [-0.25, -0.2) is 15.0 Å². The molecule has 0 unspecified atom stereocenters. The minimum Gasteiger partial charge on any atom is -0.501 e. The Balaban J connectivity index is 1.53. The molecule has 4 heterocycles. The number of rotatable bonds is 5. The van der Waals surface area contributed by atoms with Gasteiger partial charge in [0.15, 0.2) is 17.3 Å². The highest BCUT2D eigenvalue weighted by Gasteiger charge is 2.29. The SMILES string of the molecule is Cn1c(-c2nc3ccc(-c4ncco4)cc3n2C2CCC2)nc(C(=O)Nc2cnoc2)c(O)c1=O. The number of imidazole rings is 1. The standard InChI is InChI=1S/C23H19N7O5/c1-29-19(28-17(18(31)23(29)33)21(32)26-13-10-25-35-11-13)20-27-15-6-5-12(22-24-7-8-34-22)9-16(15)30(20)14-3-2-4-14/h5-11,14,31H,2-4H2,1H3,(H,26,32). The molecule has 1 aromatic carbocycles. The lowest BCUT2D eigenvalue weighted by molar-refractivity contribution is 0.101. The Kier molecular flexibility index (Phi) is 4.73. The van der Waals surface area contributed by atoms with E-state index < -0.39 is 22.9 Å². The van der Waals surface area contributed by atoms with Gasteiger partial charge in [-0.05, 0) is 37.5 Å². The van der Waals surface area contributed by atoms with Gasteiger partial charge in [-0.15, -0.1) is 0 Å². The van der Waals surface area contributed by atoms with Gasteiger partial charge in [0.25, 0.3) is 11.5 Å². The number of carbonyl (C=O) groups is 1. The van der Waals surface area contributed by atoms with Crippen molar-refractivity contribution in [2.75, 3.05) is 5.32 Å². The summed E-state index contributed by atoms with van der Waals surface area (Å²) in [5, 5.41) is 16.5. The zero-order valence-corrected chi connectivity index (χ0v) is 18.5. The number of benzene rings is 1. The Morgan fingerprint density at radius 3 is 2.77 bits per heavy atom. The Hall–Kier alpha value is -4.74. The van der Waals surface area contributed by atoms with Gasteiger partial charge in [0, 0.05) is 18.7 Å². The summed E-state index contributed by atoms with van der Waals surface area (Å²) in [5.41, 5.74) is 1.39. The molecule has 1 aliphatic rings. The number of anilines is 1. The molecule has 0 saturated heterocycles. The normalized spacial score (nSPS) is 13.7. The van der Waals surface area contributed by atoms with E-state index in [4.69, 9.17) is 13.9 Å². The second kappa shape index (κ2) is 7.94. The molecule has 2 N–H and O–H groups in total. The quantitative estimate of drug-likeness (QED) is 0.392. The van der Waals surface area contributed by atoms with E-state index in [0.717, 1.165) is 30.3 Å². The number of nitrogens with zero attached hydrogens (tertiary/aromatic N) is 6. The molecule has 1 amide bonds. The molecular weight excluding hydrogens is 454 g/mol. The number of aromatic hydroxyl groups is 1. The number of amides is 1. The van der Waals surface area contributed by atoms with Gasteiger partial charge < -0.3 is 23.9 Å². The van der Waals surface area contributed by atoms with Crippen molar-refractivity contribution >= 4 is 22.6 Å². The minimum atomic E-state index is -0.776. The molecule has 0 aliphatic heterocycles. The van der Waals surface area contributed by atoms with Gasteiger partial charge >= 0.3 is 0 Å². The Morgan fingerprint density at radius 1 is 1.23 bits per heavy atom. The van der Waals surface area contributed by atoms with E-state index in [-0.39, 0.29) is 17.6 Å². The third kappa shape index (κ3) is 3.38. The van der Waals surface area contributed by atoms with Crippen LogP contribution < -0.4 is 10.9 Å². The molecule has 12 heteroatoms. The van der Waals surface area contributed by atoms with Gasteiger partial charge in [-0.1, -0.05) is 5.16 Å². The lowest BCUT2D eigenvalue weighted by Crippen LogP contribution is -2.27. The Morgan fingerprint density at radius 2 is 2.09 bits per heavy atom. The van der Waals surface area contributed by atoms with Crippen molar-refractivity contribution in [3.8, 4) is 28.9 Å². The maximum Gasteiger partial charge on any atom is 0.296 e. The fourth-order valence-electron chi connectivity index (χ4n) is 4.17. The molecule has 1 aliphatic carbocycles. The van der Waals surface area contributed by atoms with E-state index in [9.17, 15) is 14.7 Å². The van der Waals surface area contributed by atoms with E-state index in [1.165, 1.54) is 30.3 Å². The van der Waals surface area contributed by atoms with Gasteiger partial charge in [-0.3, -0.25) is 14.2 Å². The maximum atomic E-state index is 12.9. The Bertz CT molecular complexity index is 1610. The molecule has 12 nitrogen and oxygen atoms in total. The first-order valence-electron chi connectivity index (χ1n) is 10.9. The number of nitrogens with one attached hydrogen (secondary N) is 1. The largest absolute Gasteiger partial charge is 0.501 e. The van der Waals surface area contributed by atoms with Crippen molar-refractivity contribution in [3.63, 3.8) is 0 Å². The molecule has 5 aromatic rings. The summed E-state index contributed by atoms with van der Waals surface area (Å²) < 4.78 is 13.4. The molecule has 1 fully saturated rings. The highest BCUT2D eigenvalue weighted by molar-refractivity contribution is 6.04. The van der Waals surface area contributed by atoms with Crippen molar-refractivity contribution in [1.29, 1.82) is 0 Å². The second-order valence-electron chi connectivity index (χ2n) is 8.29. The third-order valence-corrected chi connectivity index (χ3v) is 6.18. The van der Waals surface area contributed by atoms with E-state index >= 15 is 0 Å². The number of hydrogen-bond acceptors (Lipinski definition) is 9. The van der Waals surface area contributed by atoms with Crippen LogP contribution in [0.2, 0.25) is 0 Å². The molecule has 0 spiro atoms. The van der Waals surface area contributed by atoms with Crippen LogP contribution in [0.3, 0.4) is 0 Å². The fraction of sp³-hybridized carbons (Fsp3) is 0.217. The van der Waals surface area contributed by atoms with Gasteiger partial charge in [-0.2, -0.15) is 0 Å². The van der Waals surface area contributed by atoms with Crippen LogP contribution in [0.5, 0.6) is 5.75 Å². The number of fused-ring (bicyclic) bond motifs is 1. The monoisotopic (exact) mass is 473 g/mol. The van der Waals surface area contributed by atoms with Crippen molar-refractivity contribution in [2.24, 2.45) is 7.05 Å². The van der Waals surface area contributed by atoms with Crippen LogP contribution in [0.1, 0.15) is 35.8 Å². The molecule has 0 radical (unpaired) electrons. The summed E-state index contributed by atoms with van der Waals surface area (Å²) >= 11 is 0. The van der Waals surface area contributed by atoms with Crippen LogP contribution in [0, 0.1) is 0 Å². The highest BCUT2D eigenvalue weighted by atomic mass is 16.5. The van der Waals surface area contributed by atoms with Crippen LogP contribution in [0.25, 0.3) is 34.1 Å². The van der Waals surface area contributed by atoms with Crippen molar-refractivity contribution < 1.29 is 18.8 Å². The highest BCUT2D eigenvalue weighted by Crippen LogP contribution is 2.39. The van der Waals surface area contributed by atoms with Gasteiger partial charge in [0.2, 0.25) is 11.6 Å². The summed E-state index contributed by atoms with van der Waals surface area (Å²) in [6, 6.07) is 5.80. The average Bonchev–Trinajstić information content (AvgIpc) is 3.58. The van der Waals surface area contributed by atoms with Crippen LogP contribution in [0.15, 0.2) is 56.9 Å². The van der Waals surface area contributed by atoms with Crippen molar-refractivity contribution in [2.45, 2.75) is 25.3 Å². The number of oxazole rings is 1. The van der Waals surface area contributed by atoms with Crippen molar-refractivity contribution in [1.82, 2.24) is 29.2 Å². The summed E-state index contributed by atoms with van der Waals surface area (Å²) in [7, 11) is 1.48. The van der Waals surface area contributed by atoms with Gasteiger partial charge in [0.05, 0.1) is 23.4 Å².